The van der Waals surface area contributed by atoms with Gasteiger partial charge in [0.1, 0.15) is 30.4 Å². The van der Waals surface area contributed by atoms with Crippen LogP contribution in [0.5, 0.6) is 6.01 Å². The monoisotopic (exact) mass is 669 g/mol. The van der Waals surface area contributed by atoms with Crippen LogP contribution in [0.1, 0.15) is 41.6 Å². The second-order valence-corrected chi connectivity index (χ2v) is 13.6. The van der Waals surface area contributed by atoms with Crippen LogP contribution in [0.25, 0.3) is 0 Å². The van der Waals surface area contributed by atoms with Gasteiger partial charge in [-0.05, 0) is 56.0 Å². The minimum Gasteiger partial charge on any atom is -0.456 e. The first kappa shape index (κ1) is 33.0. The van der Waals surface area contributed by atoms with E-state index in [1.807, 2.05) is 43.4 Å². The van der Waals surface area contributed by atoms with E-state index in [4.69, 9.17) is 24.2 Å². The molecule has 1 amide bonds. The molecule has 2 unspecified atom stereocenters. The highest BCUT2D eigenvalue weighted by Gasteiger charge is 2.38. The Morgan fingerprint density at radius 1 is 1.04 bits per heavy atom. The van der Waals surface area contributed by atoms with Crippen molar-refractivity contribution >= 4 is 17.6 Å². The van der Waals surface area contributed by atoms with Gasteiger partial charge >= 0.3 is 12.1 Å². The molecule has 1 aliphatic carbocycles. The number of hydrogen-bond donors (Lipinski definition) is 0. The Morgan fingerprint density at radius 2 is 1.88 bits per heavy atom. The van der Waals surface area contributed by atoms with Crippen molar-refractivity contribution in [3.63, 3.8) is 0 Å². The van der Waals surface area contributed by atoms with E-state index in [1.54, 1.807) is 24.1 Å². The van der Waals surface area contributed by atoms with Gasteiger partial charge in [0.2, 0.25) is 0 Å². The van der Waals surface area contributed by atoms with Gasteiger partial charge in [0, 0.05) is 70.1 Å². The number of nitrogens with zero attached hydrogens (tertiary/aromatic N) is 7. The zero-order valence-corrected chi connectivity index (χ0v) is 28.3. The number of piperazine rings is 1. The second-order valence-electron chi connectivity index (χ2n) is 13.6. The molecule has 0 saturated carbocycles. The summed E-state index contributed by atoms with van der Waals surface area (Å²) in [6, 6.07) is 17.1. The molecule has 3 aromatic rings. The molecule has 0 N–H and O–H groups in total. The fourth-order valence-electron chi connectivity index (χ4n) is 7.86. The number of ether oxygens (including phenoxy) is 3. The van der Waals surface area contributed by atoms with Crippen molar-refractivity contribution in [2.45, 2.75) is 69.4 Å². The number of methoxy groups -OCH3 is 1. The number of likely N-dealkylation sites (N-methyl/N-ethyl adjacent to an activating group) is 1. The standard InChI is InChI=1S/C37H44FN7O4/c1-42-22-33(47-2)34(23-42)49-36-40-31-20-28(44-16-6-9-26-10-11-27(38)19-32(26)44)12-13-30(31)35(41-36)43-17-18-45(29(21-43)14-15-39)37(46)48-24-25-7-4-3-5-8-25/h3-5,7-8,10-11,19,28-29,33-34H,6,9,12-14,16-18,20-24H2,1-2H3/t28-,29+,33?,34?/m1/s1. The van der Waals surface area contributed by atoms with E-state index >= 15 is 0 Å². The highest BCUT2D eigenvalue weighted by molar-refractivity contribution is 5.69. The molecule has 0 bridgehead atoms. The first-order valence-electron chi connectivity index (χ1n) is 17.3. The SMILES string of the molecule is COC1CN(C)CC1Oc1nc2c(c(N3CCN(C(=O)OCc4ccccc4)[C@@H](CC#N)C3)n1)CC[C@@H](N1CCCc3ccc(F)cc31)C2. The maximum absolute atomic E-state index is 14.4. The Bertz CT molecular complexity index is 1690. The largest absolute Gasteiger partial charge is 0.456 e. The molecule has 0 radical (unpaired) electrons. The summed E-state index contributed by atoms with van der Waals surface area (Å²) in [5.41, 5.74) is 5.08. The number of anilines is 2. The second kappa shape index (κ2) is 14.6. The summed E-state index contributed by atoms with van der Waals surface area (Å²) >= 11 is 0. The summed E-state index contributed by atoms with van der Waals surface area (Å²) < 4.78 is 32.3. The average Bonchev–Trinajstić information content (AvgIpc) is 3.48. The summed E-state index contributed by atoms with van der Waals surface area (Å²) in [5, 5.41) is 9.75. The van der Waals surface area contributed by atoms with Gasteiger partial charge in [0.05, 0.1) is 24.2 Å². The normalized spacial score (nSPS) is 23.8. The third-order valence-electron chi connectivity index (χ3n) is 10.4. The van der Waals surface area contributed by atoms with Gasteiger partial charge in [0.15, 0.2) is 0 Å². The first-order valence-corrected chi connectivity index (χ1v) is 17.3. The zero-order valence-electron chi connectivity index (χ0n) is 28.3. The van der Waals surface area contributed by atoms with E-state index in [0.717, 1.165) is 67.1 Å². The van der Waals surface area contributed by atoms with Gasteiger partial charge in [0.25, 0.3) is 0 Å². The highest BCUT2D eigenvalue weighted by Crippen LogP contribution is 2.37. The van der Waals surface area contributed by atoms with Crippen LogP contribution in [-0.4, -0.2) is 104 Å². The molecule has 4 atom stereocenters. The van der Waals surface area contributed by atoms with E-state index in [1.165, 1.54) is 5.56 Å². The van der Waals surface area contributed by atoms with Crippen molar-refractivity contribution in [3.05, 3.63) is 76.7 Å². The number of halogens is 1. The molecule has 4 aliphatic rings. The lowest BCUT2D eigenvalue weighted by Crippen LogP contribution is -2.55. The molecule has 7 rings (SSSR count). The number of carbonyl (C=O) groups excluding carboxylic acids is 1. The molecular formula is C37H44FN7O4. The topological polar surface area (TPSA) is 107 Å². The summed E-state index contributed by atoms with van der Waals surface area (Å²) in [4.78, 5) is 31.7. The fraction of sp³-hybridized carbons (Fsp3) is 0.514. The summed E-state index contributed by atoms with van der Waals surface area (Å²) in [6.07, 6.45) is 3.72. The molecule has 12 heteroatoms. The number of fused-ring (bicyclic) bond motifs is 2. The molecule has 258 valence electrons. The Labute approximate surface area is 287 Å². The van der Waals surface area contributed by atoms with Gasteiger partial charge in [-0.15, -0.1) is 0 Å². The van der Waals surface area contributed by atoms with Crippen LogP contribution in [0, 0.1) is 17.1 Å². The van der Waals surface area contributed by atoms with Crippen LogP contribution in [-0.2, 0) is 35.3 Å². The molecule has 2 aromatic carbocycles. The predicted octanol–water partition coefficient (Wildman–Crippen LogP) is 4.37. The van der Waals surface area contributed by atoms with Crippen molar-refractivity contribution in [3.8, 4) is 12.1 Å². The number of aryl methyl sites for hydroxylation is 1. The fourth-order valence-corrected chi connectivity index (χ4v) is 7.86. The molecule has 3 aliphatic heterocycles. The summed E-state index contributed by atoms with van der Waals surface area (Å²) in [7, 11) is 3.74. The number of benzene rings is 2. The Morgan fingerprint density at radius 3 is 2.69 bits per heavy atom. The van der Waals surface area contributed by atoms with Crippen LogP contribution in [0.3, 0.4) is 0 Å². The Hall–Kier alpha value is -4.47. The minimum atomic E-state index is -0.422. The highest BCUT2D eigenvalue weighted by atomic mass is 19.1. The third-order valence-corrected chi connectivity index (χ3v) is 10.4. The number of carbonyl (C=O) groups is 1. The van der Waals surface area contributed by atoms with E-state index in [-0.39, 0.29) is 43.1 Å². The van der Waals surface area contributed by atoms with Gasteiger partial charge in [-0.2, -0.15) is 15.2 Å². The lowest BCUT2D eigenvalue weighted by Gasteiger charge is -2.43. The van der Waals surface area contributed by atoms with Gasteiger partial charge in [-0.25, -0.2) is 9.18 Å². The summed E-state index contributed by atoms with van der Waals surface area (Å²) in [6.45, 7) is 3.86. The van der Waals surface area contributed by atoms with E-state index in [2.05, 4.69) is 20.8 Å². The molecule has 2 saturated heterocycles. The zero-order chi connectivity index (χ0) is 33.9. The molecule has 1 aromatic heterocycles. The van der Waals surface area contributed by atoms with Crippen LogP contribution in [0.15, 0.2) is 48.5 Å². The molecule has 4 heterocycles. The van der Waals surface area contributed by atoms with Crippen molar-refractivity contribution in [2.75, 3.05) is 63.2 Å². The molecule has 11 nitrogen and oxygen atoms in total. The first-order chi connectivity index (χ1) is 23.9. The van der Waals surface area contributed by atoms with E-state index in [0.29, 0.717) is 38.6 Å². The summed E-state index contributed by atoms with van der Waals surface area (Å²) in [5.74, 6) is 0.579. The number of hydrogen-bond acceptors (Lipinski definition) is 10. The van der Waals surface area contributed by atoms with Gasteiger partial charge in [-0.1, -0.05) is 36.4 Å². The van der Waals surface area contributed by atoms with Crippen molar-refractivity contribution in [1.82, 2.24) is 19.8 Å². The Kier molecular flexibility index (Phi) is 9.82. The minimum absolute atomic E-state index is 0.106. The molecule has 49 heavy (non-hydrogen) atoms. The molecular weight excluding hydrogens is 625 g/mol. The molecule has 0 spiro atoms. The number of likely N-dealkylation sites (tertiary alicyclic amines) is 1. The van der Waals surface area contributed by atoms with E-state index in [9.17, 15) is 14.4 Å². The predicted molar refractivity (Wildman–Crippen MR) is 182 cm³/mol. The number of aromatic nitrogens is 2. The van der Waals surface area contributed by atoms with Gasteiger partial charge < -0.3 is 28.9 Å². The van der Waals surface area contributed by atoms with Crippen LogP contribution in [0.2, 0.25) is 0 Å². The van der Waals surface area contributed by atoms with Crippen LogP contribution < -0.4 is 14.5 Å². The van der Waals surface area contributed by atoms with Crippen LogP contribution in [0.4, 0.5) is 20.7 Å². The number of amides is 1. The maximum atomic E-state index is 14.4. The lowest BCUT2D eigenvalue weighted by molar-refractivity contribution is 0.0297. The third kappa shape index (κ3) is 7.14. The average molecular weight is 670 g/mol. The smallest absolute Gasteiger partial charge is 0.410 e. The van der Waals surface area contributed by atoms with Crippen molar-refractivity contribution in [1.29, 1.82) is 5.26 Å². The van der Waals surface area contributed by atoms with Gasteiger partial charge in [-0.3, -0.25) is 4.90 Å². The lowest BCUT2D eigenvalue weighted by atomic mass is 9.88. The Balaban J connectivity index is 1.15. The maximum Gasteiger partial charge on any atom is 0.410 e. The van der Waals surface area contributed by atoms with E-state index < -0.39 is 6.09 Å². The quantitative estimate of drug-likeness (QED) is 0.343. The van der Waals surface area contributed by atoms with Crippen molar-refractivity contribution in [2.24, 2.45) is 0 Å². The van der Waals surface area contributed by atoms with Crippen LogP contribution >= 0.6 is 0 Å². The number of rotatable bonds is 8. The van der Waals surface area contributed by atoms with Crippen molar-refractivity contribution < 1.29 is 23.4 Å². The number of nitriles is 1. The molecule has 2 fully saturated rings.